The number of aryl methyl sites for hydroxylation is 1. The molecule has 2 heterocycles. The minimum atomic E-state index is -0.238. The zero-order valence-electron chi connectivity index (χ0n) is 19.2. The van der Waals surface area contributed by atoms with Gasteiger partial charge in [0.2, 0.25) is 5.91 Å². The highest BCUT2D eigenvalue weighted by Crippen LogP contribution is 2.42. The maximum absolute atomic E-state index is 13.0. The van der Waals surface area contributed by atoms with Gasteiger partial charge in [-0.3, -0.25) is 9.48 Å². The number of methoxy groups -OCH3 is 1. The average Bonchev–Trinajstić information content (AvgIpc) is 3.27. The van der Waals surface area contributed by atoms with Crippen molar-refractivity contribution in [3.8, 4) is 0 Å². The number of amides is 1. The molecular weight excluding hydrogens is 376 g/mol. The van der Waals surface area contributed by atoms with Crippen molar-refractivity contribution in [1.29, 1.82) is 0 Å². The first-order valence-corrected chi connectivity index (χ1v) is 10.8. The van der Waals surface area contributed by atoms with E-state index in [-0.39, 0.29) is 23.4 Å². The molecule has 1 amide bonds. The molecule has 0 saturated carbocycles. The lowest BCUT2D eigenvalue weighted by Crippen LogP contribution is -2.44. The molecule has 1 saturated heterocycles. The van der Waals surface area contributed by atoms with Crippen molar-refractivity contribution < 1.29 is 9.53 Å². The standard InChI is InChI=1S/C24H36N4O2/c1-17-8-7-9-19(18(17)2)13-25-14-20-12-22(29)28(24(3,4)5)23(20)21-15-26-27(16-21)10-11-30-6/h7-9,15-16,20,23,25H,10-14H2,1-6H3/t20-,23+/m0/s1. The van der Waals surface area contributed by atoms with Crippen LogP contribution in [0.3, 0.4) is 0 Å². The molecule has 1 fully saturated rings. The number of nitrogens with one attached hydrogen (secondary N) is 1. The Morgan fingerprint density at radius 2 is 2.03 bits per heavy atom. The van der Waals surface area contributed by atoms with Crippen molar-refractivity contribution in [2.75, 3.05) is 20.3 Å². The molecule has 30 heavy (non-hydrogen) atoms. The van der Waals surface area contributed by atoms with Gasteiger partial charge in [0.1, 0.15) is 0 Å². The summed E-state index contributed by atoms with van der Waals surface area (Å²) in [7, 11) is 1.69. The van der Waals surface area contributed by atoms with Gasteiger partial charge in [0, 0.05) is 49.8 Å². The number of aromatic nitrogens is 2. The summed E-state index contributed by atoms with van der Waals surface area (Å²) >= 11 is 0. The van der Waals surface area contributed by atoms with Crippen LogP contribution in [-0.4, -0.2) is 46.4 Å². The fourth-order valence-corrected chi connectivity index (χ4v) is 4.43. The van der Waals surface area contributed by atoms with Crippen LogP contribution in [0.1, 0.15) is 55.5 Å². The molecule has 1 aliphatic heterocycles. The molecule has 6 nitrogen and oxygen atoms in total. The van der Waals surface area contributed by atoms with Gasteiger partial charge in [-0.15, -0.1) is 0 Å². The van der Waals surface area contributed by atoms with E-state index in [0.29, 0.717) is 19.6 Å². The molecule has 2 atom stereocenters. The molecule has 1 aliphatic rings. The van der Waals surface area contributed by atoms with Gasteiger partial charge in [0.05, 0.1) is 25.4 Å². The van der Waals surface area contributed by atoms with Gasteiger partial charge in [0.25, 0.3) is 0 Å². The van der Waals surface area contributed by atoms with Crippen molar-refractivity contribution in [1.82, 2.24) is 20.0 Å². The van der Waals surface area contributed by atoms with Gasteiger partial charge >= 0.3 is 0 Å². The predicted octanol–water partition coefficient (Wildman–Crippen LogP) is 3.62. The maximum atomic E-state index is 13.0. The van der Waals surface area contributed by atoms with E-state index >= 15 is 0 Å². The van der Waals surface area contributed by atoms with Gasteiger partial charge in [-0.25, -0.2) is 0 Å². The molecule has 3 rings (SSSR count). The number of hydrogen-bond donors (Lipinski definition) is 1. The van der Waals surface area contributed by atoms with Crippen LogP contribution in [0.25, 0.3) is 0 Å². The van der Waals surface area contributed by atoms with Gasteiger partial charge < -0.3 is 15.0 Å². The second kappa shape index (κ2) is 9.31. The molecule has 0 aliphatic carbocycles. The lowest BCUT2D eigenvalue weighted by Gasteiger charge is -2.38. The Kier molecular flexibility index (Phi) is 6.98. The topological polar surface area (TPSA) is 59.4 Å². The lowest BCUT2D eigenvalue weighted by molar-refractivity contribution is -0.133. The van der Waals surface area contributed by atoms with Crippen LogP contribution in [-0.2, 0) is 22.6 Å². The molecule has 0 spiro atoms. The van der Waals surface area contributed by atoms with Gasteiger partial charge in [0.15, 0.2) is 0 Å². The number of carbonyl (C=O) groups excluding carboxylic acids is 1. The Bertz CT molecular complexity index is 868. The van der Waals surface area contributed by atoms with Gasteiger partial charge in [-0.2, -0.15) is 5.10 Å². The quantitative estimate of drug-likeness (QED) is 0.719. The zero-order valence-corrected chi connectivity index (χ0v) is 19.2. The van der Waals surface area contributed by atoms with E-state index in [2.05, 4.69) is 74.3 Å². The van der Waals surface area contributed by atoms with Gasteiger partial charge in [-0.05, 0) is 51.3 Å². The molecule has 0 unspecified atom stereocenters. The Hall–Kier alpha value is -2.18. The van der Waals surface area contributed by atoms with Gasteiger partial charge in [-0.1, -0.05) is 18.2 Å². The number of hydrogen-bond acceptors (Lipinski definition) is 4. The summed E-state index contributed by atoms with van der Waals surface area (Å²) in [6, 6.07) is 6.46. The Morgan fingerprint density at radius 1 is 1.27 bits per heavy atom. The normalized spacial score (nSPS) is 19.7. The SMILES string of the molecule is COCCn1cc([C@H]2[C@H](CNCc3cccc(C)c3C)CC(=O)N2C(C)(C)C)cn1. The van der Waals surface area contributed by atoms with Crippen molar-refractivity contribution in [3.63, 3.8) is 0 Å². The monoisotopic (exact) mass is 412 g/mol. The molecule has 1 N–H and O–H groups in total. The number of ether oxygens (including phenoxy) is 1. The predicted molar refractivity (Wildman–Crippen MR) is 119 cm³/mol. The number of carbonyl (C=O) groups is 1. The van der Waals surface area contributed by atoms with E-state index < -0.39 is 0 Å². The fourth-order valence-electron chi connectivity index (χ4n) is 4.43. The molecule has 2 aromatic rings. The van der Waals surface area contributed by atoms with Crippen LogP contribution in [0.15, 0.2) is 30.6 Å². The third kappa shape index (κ3) is 4.93. The molecular formula is C24H36N4O2. The van der Waals surface area contributed by atoms with Crippen LogP contribution in [0.5, 0.6) is 0 Å². The average molecular weight is 413 g/mol. The summed E-state index contributed by atoms with van der Waals surface area (Å²) in [6.45, 7) is 13.6. The summed E-state index contributed by atoms with van der Waals surface area (Å²) in [5.74, 6) is 0.428. The first-order chi connectivity index (χ1) is 14.2. The summed E-state index contributed by atoms with van der Waals surface area (Å²) in [5.41, 5.74) is 4.82. The summed E-state index contributed by atoms with van der Waals surface area (Å²) in [5, 5.41) is 8.12. The molecule has 0 radical (unpaired) electrons. The Balaban J connectivity index is 1.76. The second-order valence-electron chi connectivity index (χ2n) is 9.36. The van der Waals surface area contributed by atoms with Crippen molar-refractivity contribution in [2.45, 2.75) is 65.7 Å². The number of benzene rings is 1. The minimum Gasteiger partial charge on any atom is -0.383 e. The Labute approximate surface area is 180 Å². The van der Waals surface area contributed by atoms with Crippen molar-refractivity contribution >= 4 is 5.91 Å². The smallest absolute Gasteiger partial charge is 0.223 e. The Morgan fingerprint density at radius 3 is 2.73 bits per heavy atom. The van der Waals surface area contributed by atoms with E-state index in [1.54, 1.807) is 7.11 Å². The number of rotatable bonds is 8. The summed E-state index contributed by atoms with van der Waals surface area (Å²) in [4.78, 5) is 15.0. The van der Waals surface area contributed by atoms with Crippen molar-refractivity contribution in [3.05, 3.63) is 52.8 Å². The summed E-state index contributed by atoms with van der Waals surface area (Å²) < 4.78 is 7.08. The first kappa shape index (κ1) is 22.5. The lowest BCUT2D eigenvalue weighted by atomic mass is 9.93. The van der Waals surface area contributed by atoms with Crippen LogP contribution >= 0.6 is 0 Å². The van der Waals surface area contributed by atoms with E-state index in [4.69, 9.17) is 4.74 Å². The number of nitrogens with zero attached hydrogens (tertiary/aromatic N) is 3. The van der Waals surface area contributed by atoms with E-state index in [0.717, 1.165) is 18.7 Å². The molecule has 1 aromatic heterocycles. The number of likely N-dealkylation sites (tertiary alicyclic amines) is 1. The fraction of sp³-hybridized carbons (Fsp3) is 0.583. The highest BCUT2D eigenvalue weighted by atomic mass is 16.5. The largest absolute Gasteiger partial charge is 0.383 e. The molecule has 0 bridgehead atoms. The zero-order chi connectivity index (χ0) is 21.9. The first-order valence-electron chi connectivity index (χ1n) is 10.8. The van der Waals surface area contributed by atoms with E-state index in [1.165, 1.54) is 16.7 Å². The summed E-state index contributed by atoms with van der Waals surface area (Å²) in [6.07, 6.45) is 4.54. The van der Waals surface area contributed by atoms with E-state index in [9.17, 15) is 4.79 Å². The maximum Gasteiger partial charge on any atom is 0.223 e. The molecule has 164 valence electrons. The second-order valence-corrected chi connectivity index (χ2v) is 9.36. The van der Waals surface area contributed by atoms with Crippen LogP contribution in [0.4, 0.5) is 0 Å². The van der Waals surface area contributed by atoms with Crippen LogP contribution < -0.4 is 5.32 Å². The molecule has 6 heteroatoms. The third-order valence-corrected chi connectivity index (χ3v) is 6.11. The highest BCUT2D eigenvalue weighted by Gasteiger charge is 2.45. The third-order valence-electron chi connectivity index (χ3n) is 6.11. The minimum absolute atomic E-state index is 0.0277. The van der Waals surface area contributed by atoms with E-state index in [1.807, 2.05) is 10.9 Å². The van der Waals surface area contributed by atoms with Crippen LogP contribution in [0, 0.1) is 19.8 Å². The highest BCUT2D eigenvalue weighted by molar-refractivity contribution is 5.80. The van der Waals surface area contributed by atoms with Crippen LogP contribution in [0.2, 0.25) is 0 Å². The van der Waals surface area contributed by atoms with Crippen molar-refractivity contribution in [2.24, 2.45) is 5.92 Å². The molecule has 1 aromatic carbocycles.